The molecule has 0 saturated heterocycles. The molecule has 22 heavy (non-hydrogen) atoms. The van der Waals surface area contributed by atoms with Crippen LogP contribution < -0.4 is 0 Å². The monoisotopic (exact) mass is 302 g/mol. The number of unbranched alkanes of at least 4 members (excludes halogenated alkanes) is 1. The highest BCUT2D eigenvalue weighted by molar-refractivity contribution is 5.83. The fourth-order valence-corrected chi connectivity index (χ4v) is 3.67. The molecule has 0 aliphatic heterocycles. The molecule has 122 valence electrons. The van der Waals surface area contributed by atoms with Crippen molar-refractivity contribution < 1.29 is 9.90 Å². The van der Waals surface area contributed by atoms with E-state index < -0.39 is 0 Å². The molecule has 2 rings (SSSR count). The third kappa shape index (κ3) is 5.24. The van der Waals surface area contributed by atoms with Crippen LogP contribution in [0.2, 0.25) is 0 Å². The van der Waals surface area contributed by atoms with E-state index in [0.717, 1.165) is 57.8 Å². The van der Waals surface area contributed by atoms with Crippen molar-refractivity contribution in [1.29, 1.82) is 0 Å². The van der Waals surface area contributed by atoms with Crippen molar-refractivity contribution in [1.82, 2.24) is 0 Å². The molecule has 1 aromatic rings. The van der Waals surface area contributed by atoms with Gasteiger partial charge in [-0.1, -0.05) is 50.1 Å². The smallest absolute Gasteiger partial charge is 0.136 e. The van der Waals surface area contributed by atoms with Crippen LogP contribution in [0.3, 0.4) is 0 Å². The predicted molar refractivity (Wildman–Crippen MR) is 90.7 cm³/mol. The average molecular weight is 302 g/mol. The van der Waals surface area contributed by atoms with Crippen LogP contribution in [0.5, 0.6) is 0 Å². The van der Waals surface area contributed by atoms with E-state index in [0.29, 0.717) is 11.7 Å². The molecular weight excluding hydrogens is 272 g/mol. The number of carbonyl (C=O) groups is 1. The van der Waals surface area contributed by atoms with E-state index in [2.05, 4.69) is 19.1 Å². The maximum absolute atomic E-state index is 12.0. The molecule has 3 atom stereocenters. The molecule has 0 radical (unpaired) electrons. The Morgan fingerprint density at radius 2 is 1.95 bits per heavy atom. The molecule has 1 aliphatic carbocycles. The van der Waals surface area contributed by atoms with Crippen LogP contribution in [0.4, 0.5) is 0 Å². The summed E-state index contributed by atoms with van der Waals surface area (Å²) in [6.45, 7) is 2.18. The maximum Gasteiger partial charge on any atom is 0.136 e. The first-order chi connectivity index (χ1) is 10.7. The van der Waals surface area contributed by atoms with Crippen molar-refractivity contribution in [3.8, 4) is 0 Å². The second-order valence-corrected chi connectivity index (χ2v) is 6.77. The van der Waals surface area contributed by atoms with Crippen LogP contribution in [0.1, 0.15) is 63.9 Å². The highest BCUT2D eigenvalue weighted by atomic mass is 16.3. The molecule has 0 spiro atoms. The second kappa shape index (κ2) is 9.09. The number of rotatable bonds is 9. The number of benzene rings is 1. The standard InChI is InChI=1S/C20H30O2/c1-2-3-9-19-17(12-15-20(19)22)11-14-18(21)13-10-16-7-5-4-6-8-16/h4-8,17-19,21H,2-3,9-15H2,1H3/t17-,18-,19+/m0/s1. The van der Waals surface area contributed by atoms with Crippen LogP contribution in [-0.2, 0) is 11.2 Å². The van der Waals surface area contributed by atoms with Crippen molar-refractivity contribution in [2.75, 3.05) is 0 Å². The number of carbonyl (C=O) groups excluding carboxylic acids is 1. The Labute approximate surface area is 134 Å². The van der Waals surface area contributed by atoms with E-state index >= 15 is 0 Å². The first-order valence-corrected chi connectivity index (χ1v) is 8.95. The van der Waals surface area contributed by atoms with Crippen LogP contribution in [0.15, 0.2) is 30.3 Å². The van der Waals surface area contributed by atoms with E-state index in [-0.39, 0.29) is 12.0 Å². The summed E-state index contributed by atoms with van der Waals surface area (Å²) in [7, 11) is 0. The quantitative estimate of drug-likeness (QED) is 0.727. The molecule has 1 fully saturated rings. The molecule has 0 amide bonds. The van der Waals surface area contributed by atoms with Gasteiger partial charge in [0.25, 0.3) is 0 Å². The second-order valence-electron chi connectivity index (χ2n) is 6.77. The van der Waals surface area contributed by atoms with E-state index in [1.165, 1.54) is 5.56 Å². The Balaban J connectivity index is 1.71. The Bertz CT molecular complexity index is 440. The number of hydrogen-bond donors (Lipinski definition) is 1. The van der Waals surface area contributed by atoms with Crippen LogP contribution in [-0.4, -0.2) is 17.0 Å². The first-order valence-electron chi connectivity index (χ1n) is 8.95. The summed E-state index contributed by atoms with van der Waals surface area (Å²) in [5.41, 5.74) is 1.29. The van der Waals surface area contributed by atoms with Crippen molar-refractivity contribution in [2.45, 2.75) is 70.8 Å². The first kappa shape index (κ1) is 17.2. The fraction of sp³-hybridized carbons (Fsp3) is 0.650. The molecular formula is C20H30O2. The summed E-state index contributed by atoms with van der Waals surface area (Å²) in [5, 5.41) is 10.2. The molecule has 2 heteroatoms. The Kier molecular flexibility index (Phi) is 7.11. The van der Waals surface area contributed by atoms with E-state index in [1.54, 1.807) is 0 Å². The van der Waals surface area contributed by atoms with Gasteiger partial charge in [0.2, 0.25) is 0 Å². The van der Waals surface area contributed by atoms with Gasteiger partial charge in [-0.15, -0.1) is 0 Å². The van der Waals surface area contributed by atoms with Gasteiger partial charge in [0.1, 0.15) is 5.78 Å². The summed E-state index contributed by atoms with van der Waals surface area (Å²) < 4.78 is 0. The van der Waals surface area contributed by atoms with Gasteiger partial charge in [0, 0.05) is 12.3 Å². The largest absolute Gasteiger partial charge is 0.393 e. The van der Waals surface area contributed by atoms with E-state index in [4.69, 9.17) is 0 Å². The molecule has 1 aliphatic rings. The lowest BCUT2D eigenvalue weighted by Crippen LogP contribution is -2.17. The number of aliphatic hydroxyl groups is 1. The zero-order chi connectivity index (χ0) is 15.8. The van der Waals surface area contributed by atoms with Gasteiger partial charge >= 0.3 is 0 Å². The van der Waals surface area contributed by atoms with Gasteiger partial charge in [-0.3, -0.25) is 4.79 Å². The third-order valence-corrected chi connectivity index (χ3v) is 5.09. The number of Topliss-reactive ketones (excluding diaryl/α,β-unsaturated/α-hetero) is 1. The molecule has 1 aromatic carbocycles. The van der Waals surface area contributed by atoms with Crippen molar-refractivity contribution in [3.05, 3.63) is 35.9 Å². The molecule has 2 nitrogen and oxygen atoms in total. The number of hydrogen-bond acceptors (Lipinski definition) is 2. The van der Waals surface area contributed by atoms with Crippen LogP contribution >= 0.6 is 0 Å². The summed E-state index contributed by atoms with van der Waals surface area (Å²) in [6, 6.07) is 10.3. The lowest BCUT2D eigenvalue weighted by molar-refractivity contribution is -0.121. The topological polar surface area (TPSA) is 37.3 Å². The highest BCUT2D eigenvalue weighted by Crippen LogP contribution is 2.36. The van der Waals surface area contributed by atoms with Gasteiger partial charge in [-0.25, -0.2) is 0 Å². The molecule has 1 saturated carbocycles. The zero-order valence-electron chi connectivity index (χ0n) is 13.8. The van der Waals surface area contributed by atoms with Crippen molar-refractivity contribution in [3.63, 3.8) is 0 Å². The fourth-order valence-electron chi connectivity index (χ4n) is 3.67. The maximum atomic E-state index is 12.0. The number of ketones is 1. The Hall–Kier alpha value is -1.15. The van der Waals surface area contributed by atoms with E-state index in [9.17, 15) is 9.90 Å². The number of aliphatic hydroxyl groups excluding tert-OH is 1. The van der Waals surface area contributed by atoms with Crippen LogP contribution in [0.25, 0.3) is 0 Å². The predicted octanol–water partition coefficient (Wildman–Crippen LogP) is 4.55. The number of aryl methyl sites for hydroxylation is 1. The summed E-state index contributed by atoms with van der Waals surface area (Å²) >= 11 is 0. The van der Waals surface area contributed by atoms with Gasteiger partial charge in [0.15, 0.2) is 0 Å². The van der Waals surface area contributed by atoms with Gasteiger partial charge in [0.05, 0.1) is 6.10 Å². The molecule has 0 bridgehead atoms. The lowest BCUT2D eigenvalue weighted by atomic mass is 9.86. The van der Waals surface area contributed by atoms with Crippen molar-refractivity contribution in [2.24, 2.45) is 11.8 Å². The van der Waals surface area contributed by atoms with Gasteiger partial charge < -0.3 is 5.11 Å². The van der Waals surface area contributed by atoms with E-state index in [1.807, 2.05) is 18.2 Å². The minimum absolute atomic E-state index is 0.234. The zero-order valence-corrected chi connectivity index (χ0v) is 13.8. The molecule has 0 heterocycles. The highest BCUT2D eigenvalue weighted by Gasteiger charge is 2.33. The third-order valence-electron chi connectivity index (χ3n) is 5.09. The Morgan fingerprint density at radius 1 is 1.18 bits per heavy atom. The summed E-state index contributed by atoms with van der Waals surface area (Å²) in [5.74, 6) is 1.27. The Morgan fingerprint density at radius 3 is 2.68 bits per heavy atom. The van der Waals surface area contributed by atoms with Crippen molar-refractivity contribution >= 4 is 5.78 Å². The summed E-state index contributed by atoms with van der Waals surface area (Å²) in [6.07, 6.45) is 8.55. The van der Waals surface area contributed by atoms with Gasteiger partial charge in [-0.05, 0) is 50.0 Å². The minimum atomic E-state index is -0.234. The van der Waals surface area contributed by atoms with Gasteiger partial charge in [-0.2, -0.15) is 0 Å². The average Bonchev–Trinajstić information content (AvgIpc) is 2.90. The SMILES string of the molecule is CCCC[C@H]1C(=O)CC[C@@H]1CC[C@@H](O)CCc1ccccc1. The molecule has 0 aromatic heterocycles. The normalized spacial score (nSPS) is 22.9. The lowest BCUT2D eigenvalue weighted by Gasteiger charge is -2.19. The molecule has 0 unspecified atom stereocenters. The minimum Gasteiger partial charge on any atom is -0.393 e. The van der Waals surface area contributed by atoms with Crippen LogP contribution in [0, 0.1) is 11.8 Å². The molecule has 1 N–H and O–H groups in total. The summed E-state index contributed by atoms with van der Waals surface area (Å²) in [4.78, 5) is 12.0.